The van der Waals surface area contributed by atoms with Crippen molar-refractivity contribution in [2.75, 3.05) is 13.1 Å². The van der Waals surface area contributed by atoms with Crippen LogP contribution in [0.3, 0.4) is 0 Å². The van der Waals surface area contributed by atoms with Crippen molar-refractivity contribution in [2.45, 2.75) is 26.8 Å². The van der Waals surface area contributed by atoms with Gasteiger partial charge in [-0.2, -0.15) is 0 Å². The van der Waals surface area contributed by atoms with Crippen LogP contribution in [0.15, 0.2) is 48.5 Å². The number of urea groups is 1. The SMILES string of the molecule is Cc1cc(CNC(=O)N2CCC(C)(C(=O)O)C2)ccc1-c1ccccc1. The monoisotopic (exact) mass is 352 g/mol. The fourth-order valence-electron chi connectivity index (χ4n) is 3.38. The number of aryl methyl sites for hydroxylation is 1. The summed E-state index contributed by atoms with van der Waals surface area (Å²) >= 11 is 0. The summed E-state index contributed by atoms with van der Waals surface area (Å²) in [5.41, 5.74) is 3.69. The molecule has 1 fully saturated rings. The van der Waals surface area contributed by atoms with Gasteiger partial charge in [0.25, 0.3) is 0 Å². The summed E-state index contributed by atoms with van der Waals surface area (Å²) < 4.78 is 0. The zero-order valence-corrected chi connectivity index (χ0v) is 15.2. The highest BCUT2D eigenvalue weighted by Gasteiger charge is 2.42. The standard InChI is InChI=1S/C21H24N2O3/c1-15-12-16(8-9-18(15)17-6-4-3-5-7-17)13-22-20(26)23-11-10-21(2,14-23)19(24)25/h3-9,12H,10-11,13-14H2,1-2H3,(H,22,26)(H,24,25). The highest BCUT2D eigenvalue weighted by atomic mass is 16.4. The number of amides is 2. The summed E-state index contributed by atoms with van der Waals surface area (Å²) in [5.74, 6) is -0.847. The number of likely N-dealkylation sites (tertiary alicyclic amines) is 1. The van der Waals surface area contributed by atoms with Crippen molar-refractivity contribution >= 4 is 12.0 Å². The second-order valence-corrected chi connectivity index (χ2v) is 7.21. The third-order valence-electron chi connectivity index (χ3n) is 5.10. The zero-order valence-electron chi connectivity index (χ0n) is 15.2. The molecule has 5 heteroatoms. The van der Waals surface area contributed by atoms with Crippen LogP contribution in [0.25, 0.3) is 11.1 Å². The Morgan fingerprint density at radius 1 is 1.19 bits per heavy atom. The van der Waals surface area contributed by atoms with Gasteiger partial charge in [0.15, 0.2) is 0 Å². The average Bonchev–Trinajstić information content (AvgIpc) is 3.04. The Labute approximate surface area is 153 Å². The molecule has 0 bridgehead atoms. The largest absolute Gasteiger partial charge is 0.481 e. The molecule has 3 rings (SSSR count). The minimum atomic E-state index is -0.847. The minimum absolute atomic E-state index is 0.209. The molecule has 0 aliphatic carbocycles. The average molecular weight is 352 g/mol. The Hall–Kier alpha value is -2.82. The molecule has 1 aliphatic rings. The molecule has 1 unspecified atom stereocenters. The first-order valence-corrected chi connectivity index (χ1v) is 8.80. The van der Waals surface area contributed by atoms with Gasteiger partial charge in [0.1, 0.15) is 0 Å². The maximum Gasteiger partial charge on any atom is 0.317 e. The van der Waals surface area contributed by atoms with Crippen molar-refractivity contribution in [1.29, 1.82) is 0 Å². The third kappa shape index (κ3) is 3.72. The molecule has 1 heterocycles. The van der Waals surface area contributed by atoms with E-state index in [0.717, 1.165) is 11.1 Å². The van der Waals surface area contributed by atoms with Gasteiger partial charge < -0.3 is 15.3 Å². The van der Waals surface area contributed by atoms with Gasteiger partial charge in [0.2, 0.25) is 0 Å². The number of carbonyl (C=O) groups is 2. The van der Waals surface area contributed by atoms with Gasteiger partial charge in [0, 0.05) is 19.6 Å². The summed E-state index contributed by atoms with van der Waals surface area (Å²) in [5, 5.41) is 12.2. The summed E-state index contributed by atoms with van der Waals surface area (Å²) in [6.07, 6.45) is 0.487. The molecule has 2 N–H and O–H groups in total. The van der Waals surface area contributed by atoms with Gasteiger partial charge in [-0.15, -0.1) is 0 Å². The number of carboxylic acids is 1. The van der Waals surface area contributed by atoms with Crippen molar-refractivity contribution in [3.63, 3.8) is 0 Å². The first-order valence-electron chi connectivity index (χ1n) is 8.80. The van der Waals surface area contributed by atoms with E-state index < -0.39 is 11.4 Å². The van der Waals surface area contributed by atoms with E-state index in [9.17, 15) is 14.7 Å². The molecule has 1 aliphatic heterocycles. The van der Waals surface area contributed by atoms with Gasteiger partial charge in [-0.3, -0.25) is 4.79 Å². The predicted molar refractivity (Wildman–Crippen MR) is 101 cm³/mol. The van der Waals surface area contributed by atoms with E-state index in [1.54, 1.807) is 11.8 Å². The molecular formula is C21H24N2O3. The molecule has 1 atom stereocenters. The van der Waals surface area contributed by atoms with Crippen LogP contribution in [0.4, 0.5) is 4.79 Å². The second kappa shape index (κ2) is 7.20. The lowest BCUT2D eigenvalue weighted by atomic mass is 9.90. The zero-order chi connectivity index (χ0) is 18.7. The number of nitrogens with zero attached hydrogens (tertiary/aromatic N) is 1. The maximum atomic E-state index is 12.3. The van der Waals surface area contributed by atoms with E-state index in [0.29, 0.717) is 19.5 Å². The molecule has 2 aromatic carbocycles. The lowest BCUT2D eigenvalue weighted by Gasteiger charge is -2.20. The number of carboxylic acid groups (broad SMARTS) is 1. The van der Waals surface area contributed by atoms with Crippen molar-refractivity contribution in [3.8, 4) is 11.1 Å². The van der Waals surface area contributed by atoms with Gasteiger partial charge in [0.05, 0.1) is 5.41 Å². The van der Waals surface area contributed by atoms with Crippen LogP contribution in [0, 0.1) is 12.3 Å². The van der Waals surface area contributed by atoms with E-state index in [2.05, 4.69) is 36.5 Å². The minimum Gasteiger partial charge on any atom is -0.481 e. The van der Waals surface area contributed by atoms with Crippen molar-refractivity contribution in [3.05, 3.63) is 59.7 Å². The van der Waals surface area contributed by atoms with E-state index in [1.807, 2.05) is 24.3 Å². The number of rotatable bonds is 4. The molecule has 2 aromatic rings. The van der Waals surface area contributed by atoms with Crippen LogP contribution in [-0.4, -0.2) is 35.1 Å². The van der Waals surface area contributed by atoms with Crippen LogP contribution in [0.1, 0.15) is 24.5 Å². The second-order valence-electron chi connectivity index (χ2n) is 7.21. The highest BCUT2D eigenvalue weighted by Crippen LogP contribution is 2.30. The molecule has 26 heavy (non-hydrogen) atoms. The molecule has 1 saturated heterocycles. The number of benzene rings is 2. The van der Waals surface area contributed by atoms with Crippen molar-refractivity contribution in [1.82, 2.24) is 10.2 Å². The van der Waals surface area contributed by atoms with Crippen LogP contribution in [0.2, 0.25) is 0 Å². The number of hydrogen-bond donors (Lipinski definition) is 2. The van der Waals surface area contributed by atoms with Crippen LogP contribution >= 0.6 is 0 Å². The lowest BCUT2D eigenvalue weighted by molar-refractivity contribution is -0.147. The van der Waals surface area contributed by atoms with Crippen LogP contribution in [0.5, 0.6) is 0 Å². The van der Waals surface area contributed by atoms with E-state index in [1.165, 1.54) is 11.1 Å². The van der Waals surface area contributed by atoms with Gasteiger partial charge >= 0.3 is 12.0 Å². The smallest absolute Gasteiger partial charge is 0.317 e. The molecule has 2 amide bonds. The van der Waals surface area contributed by atoms with Crippen molar-refractivity contribution in [2.24, 2.45) is 5.41 Å². The predicted octanol–water partition coefficient (Wildman–Crippen LogP) is 3.67. The first kappa shape index (κ1) is 18.0. The Bertz CT molecular complexity index is 819. The van der Waals surface area contributed by atoms with E-state index in [-0.39, 0.29) is 12.6 Å². The van der Waals surface area contributed by atoms with E-state index >= 15 is 0 Å². The molecule has 136 valence electrons. The molecule has 5 nitrogen and oxygen atoms in total. The Kier molecular flexibility index (Phi) is 4.98. The van der Waals surface area contributed by atoms with Gasteiger partial charge in [-0.05, 0) is 42.5 Å². The fourth-order valence-corrected chi connectivity index (χ4v) is 3.38. The Morgan fingerprint density at radius 2 is 1.92 bits per heavy atom. The van der Waals surface area contributed by atoms with Crippen molar-refractivity contribution < 1.29 is 14.7 Å². The van der Waals surface area contributed by atoms with Gasteiger partial charge in [-0.25, -0.2) is 4.79 Å². The molecule has 0 aromatic heterocycles. The molecular weight excluding hydrogens is 328 g/mol. The molecule has 0 radical (unpaired) electrons. The number of aliphatic carboxylic acids is 1. The Balaban J connectivity index is 1.61. The summed E-state index contributed by atoms with van der Waals surface area (Å²) in [6, 6.07) is 16.1. The summed E-state index contributed by atoms with van der Waals surface area (Å²) in [7, 11) is 0. The summed E-state index contributed by atoms with van der Waals surface area (Å²) in [4.78, 5) is 25.2. The van der Waals surface area contributed by atoms with Gasteiger partial charge in [-0.1, -0.05) is 48.5 Å². The normalized spacial score (nSPS) is 19.4. The maximum absolute atomic E-state index is 12.3. The molecule has 0 spiro atoms. The fraction of sp³-hybridized carbons (Fsp3) is 0.333. The number of hydrogen-bond acceptors (Lipinski definition) is 2. The number of carbonyl (C=O) groups excluding carboxylic acids is 1. The first-order chi connectivity index (χ1) is 12.4. The van der Waals surface area contributed by atoms with Crippen LogP contribution < -0.4 is 5.32 Å². The number of nitrogens with one attached hydrogen (secondary N) is 1. The quantitative estimate of drug-likeness (QED) is 0.882. The lowest BCUT2D eigenvalue weighted by Crippen LogP contribution is -2.40. The summed E-state index contributed by atoms with van der Waals surface area (Å²) in [6.45, 7) is 4.90. The Morgan fingerprint density at radius 3 is 2.54 bits per heavy atom. The van der Waals surface area contributed by atoms with Crippen LogP contribution in [-0.2, 0) is 11.3 Å². The highest BCUT2D eigenvalue weighted by molar-refractivity contribution is 5.79. The topological polar surface area (TPSA) is 69.6 Å². The van der Waals surface area contributed by atoms with E-state index in [4.69, 9.17) is 0 Å². The molecule has 0 saturated carbocycles. The third-order valence-corrected chi connectivity index (χ3v) is 5.10.